The van der Waals surface area contributed by atoms with Crippen molar-refractivity contribution in [1.29, 1.82) is 0 Å². The quantitative estimate of drug-likeness (QED) is 0.386. The molecule has 0 bridgehead atoms. The van der Waals surface area contributed by atoms with Gasteiger partial charge in [0, 0.05) is 41.5 Å². The van der Waals surface area contributed by atoms with Gasteiger partial charge in [-0.05, 0) is 64.3 Å². The van der Waals surface area contributed by atoms with Gasteiger partial charge in [-0.1, -0.05) is 17.4 Å². The summed E-state index contributed by atoms with van der Waals surface area (Å²) >= 11 is 1.68. The van der Waals surface area contributed by atoms with E-state index in [2.05, 4.69) is 60.1 Å². The minimum atomic E-state index is 0.0756. The Balaban J connectivity index is 1.44. The standard InChI is InChI=1S/C25H30N6OS/c1-24(2)10-17(11-25(3,4)30-24)31(5)23-29-20-14-26-19(9-22(20)33-23)18-7-6-15(8-21(18)32)16-12-27-28-13-16/h6-9,12-14,17,30,32H,10-11H2,1-5H3,(H,27,28). The highest BCUT2D eigenvalue weighted by atomic mass is 32.1. The first-order valence-corrected chi connectivity index (χ1v) is 12.0. The molecular formula is C25H30N6OS. The van der Waals surface area contributed by atoms with Crippen molar-refractivity contribution in [3.63, 3.8) is 0 Å². The van der Waals surface area contributed by atoms with Gasteiger partial charge in [0.15, 0.2) is 5.13 Å². The van der Waals surface area contributed by atoms with Crippen molar-refractivity contribution >= 4 is 26.7 Å². The summed E-state index contributed by atoms with van der Waals surface area (Å²) in [6.07, 6.45) is 7.46. The van der Waals surface area contributed by atoms with Gasteiger partial charge in [0.2, 0.25) is 0 Å². The molecule has 8 heteroatoms. The molecule has 1 saturated heterocycles. The molecule has 0 amide bonds. The summed E-state index contributed by atoms with van der Waals surface area (Å²) in [7, 11) is 2.15. The molecular weight excluding hydrogens is 432 g/mol. The number of hydrogen-bond donors (Lipinski definition) is 3. The number of nitrogens with zero attached hydrogens (tertiary/aromatic N) is 4. The van der Waals surface area contributed by atoms with Crippen LogP contribution in [0.5, 0.6) is 5.75 Å². The van der Waals surface area contributed by atoms with E-state index in [1.807, 2.05) is 18.2 Å². The van der Waals surface area contributed by atoms with E-state index in [0.717, 1.165) is 45.0 Å². The number of piperidine rings is 1. The van der Waals surface area contributed by atoms with E-state index in [-0.39, 0.29) is 16.8 Å². The van der Waals surface area contributed by atoms with Crippen LogP contribution in [0.2, 0.25) is 0 Å². The van der Waals surface area contributed by atoms with Gasteiger partial charge in [-0.15, -0.1) is 0 Å². The fourth-order valence-electron chi connectivity index (χ4n) is 5.15. The predicted molar refractivity (Wildman–Crippen MR) is 135 cm³/mol. The molecule has 33 heavy (non-hydrogen) atoms. The summed E-state index contributed by atoms with van der Waals surface area (Å²) < 4.78 is 1.06. The minimum Gasteiger partial charge on any atom is -0.507 e. The first-order chi connectivity index (χ1) is 15.6. The molecule has 5 rings (SSSR count). The molecule has 1 fully saturated rings. The monoisotopic (exact) mass is 462 g/mol. The van der Waals surface area contributed by atoms with E-state index in [4.69, 9.17) is 4.98 Å². The van der Waals surface area contributed by atoms with Gasteiger partial charge in [-0.2, -0.15) is 5.10 Å². The molecule has 0 spiro atoms. The third-order valence-corrected chi connectivity index (χ3v) is 7.50. The van der Waals surface area contributed by atoms with Gasteiger partial charge >= 0.3 is 0 Å². The number of nitrogens with one attached hydrogen (secondary N) is 2. The summed E-state index contributed by atoms with van der Waals surface area (Å²) in [5, 5.41) is 22.2. The van der Waals surface area contributed by atoms with Crippen LogP contribution in [0.4, 0.5) is 5.13 Å². The van der Waals surface area contributed by atoms with Gasteiger partial charge in [-0.3, -0.25) is 10.1 Å². The predicted octanol–water partition coefficient (Wildman–Crippen LogP) is 5.20. The summed E-state index contributed by atoms with van der Waals surface area (Å²) in [6, 6.07) is 8.05. The Morgan fingerprint density at radius 3 is 2.48 bits per heavy atom. The number of anilines is 1. The summed E-state index contributed by atoms with van der Waals surface area (Å²) in [4.78, 5) is 11.8. The Morgan fingerprint density at radius 2 is 1.82 bits per heavy atom. The topological polar surface area (TPSA) is 90.0 Å². The molecule has 3 N–H and O–H groups in total. The number of pyridine rings is 1. The molecule has 1 aliphatic heterocycles. The third-order valence-electron chi connectivity index (χ3n) is 6.39. The van der Waals surface area contributed by atoms with Crippen molar-refractivity contribution in [2.45, 2.75) is 57.7 Å². The van der Waals surface area contributed by atoms with Gasteiger partial charge in [0.05, 0.1) is 22.8 Å². The van der Waals surface area contributed by atoms with E-state index in [1.165, 1.54) is 0 Å². The second-order valence-electron chi connectivity index (χ2n) is 10.3. The normalized spacial score (nSPS) is 18.0. The van der Waals surface area contributed by atoms with Crippen molar-refractivity contribution in [3.05, 3.63) is 42.9 Å². The van der Waals surface area contributed by atoms with Crippen molar-refractivity contribution in [1.82, 2.24) is 25.5 Å². The number of rotatable bonds is 4. The maximum absolute atomic E-state index is 10.7. The average Bonchev–Trinajstić information content (AvgIpc) is 3.40. The molecule has 172 valence electrons. The zero-order chi connectivity index (χ0) is 23.4. The Kier molecular flexibility index (Phi) is 5.17. The van der Waals surface area contributed by atoms with Gasteiger partial charge in [0.25, 0.3) is 0 Å². The van der Waals surface area contributed by atoms with Crippen molar-refractivity contribution in [2.24, 2.45) is 0 Å². The van der Waals surface area contributed by atoms with E-state index in [1.54, 1.807) is 36.0 Å². The Hall–Kier alpha value is -2.97. The smallest absolute Gasteiger partial charge is 0.186 e. The minimum absolute atomic E-state index is 0.0756. The number of hydrogen-bond acceptors (Lipinski definition) is 7. The fraction of sp³-hybridized carbons (Fsp3) is 0.400. The highest BCUT2D eigenvalue weighted by Gasteiger charge is 2.39. The first kappa shape index (κ1) is 21.9. The highest BCUT2D eigenvalue weighted by Crippen LogP contribution is 2.38. The highest BCUT2D eigenvalue weighted by molar-refractivity contribution is 7.22. The number of benzene rings is 1. The average molecular weight is 463 g/mol. The van der Waals surface area contributed by atoms with Crippen LogP contribution in [0.3, 0.4) is 0 Å². The van der Waals surface area contributed by atoms with E-state index >= 15 is 0 Å². The Morgan fingerprint density at radius 1 is 1.06 bits per heavy atom. The van der Waals surface area contributed by atoms with Crippen molar-refractivity contribution < 1.29 is 5.11 Å². The Bertz CT molecular complexity index is 1280. The van der Waals surface area contributed by atoms with Crippen LogP contribution < -0.4 is 10.2 Å². The number of aromatic nitrogens is 4. The van der Waals surface area contributed by atoms with Crippen LogP contribution in [0, 0.1) is 0 Å². The van der Waals surface area contributed by atoms with Crippen molar-refractivity contribution in [3.8, 4) is 28.1 Å². The van der Waals surface area contributed by atoms with Crippen LogP contribution in [0.1, 0.15) is 40.5 Å². The Labute approximate surface area is 197 Å². The molecule has 4 aromatic rings. The molecule has 0 atom stereocenters. The summed E-state index contributed by atoms with van der Waals surface area (Å²) in [6.45, 7) is 9.09. The maximum Gasteiger partial charge on any atom is 0.186 e. The lowest BCUT2D eigenvalue weighted by atomic mass is 9.79. The van der Waals surface area contributed by atoms with E-state index in [0.29, 0.717) is 11.6 Å². The lowest BCUT2D eigenvalue weighted by Crippen LogP contribution is -2.61. The van der Waals surface area contributed by atoms with Crippen LogP contribution in [-0.2, 0) is 0 Å². The van der Waals surface area contributed by atoms with Crippen LogP contribution >= 0.6 is 11.3 Å². The fourth-order valence-corrected chi connectivity index (χ4v) is 6.16. The van der Waals surface area contributed by atoms with E-state index < -0.39 is 0 Å². The molecule has 0 saturated carbocycles. The molecule has 4 heterocycles. The molecule has 0 radical (unpaired) electrons. The van der Waals surface area contributed by atoms with Crippen LogP contribution in [-0.4, -0.2) is 49.4 Å². The summed E-state index contributed by atoms with van der Waals surface area (Å²) in [5.74, 6) is 0.196. The van der Waals surface area contributed by atoms with Gasteiger partial charge < -0.3 is 15.3 Å². The van der Waals surface area contributed by atoms with E-state index in [9.17, 15) is 5.11 Å². The lowest BCUT2D eigenvalue weighted by molar-refractivity contribution is 0.161. The second-order valence-corrected chi connectivity index (χ2v) is 11.3. The van der Waals surface area contributed by atoms with Crippen molar-refractivity contribution in [2.75, 3.05) is 11.9 Å². The third kappa shape index (κ3) is 4.32. The molecule has 0 unspecified atom stereocenters. The zero-order valence-electron chi connectivity index (χ0n) is 19.7. The number of phenolic OH excluding ortho intramolecular Hbond substituents is 1. The zero-order valence-corrected chi connectivity index (χ0v) is 20.5. The second kappa shape index (κ2) is 7.81. The number of phenols is 1. The van der Waals surface area contributed by atoms with Gasteiger partial charge in [0.1, 0.15) is 11.3 Å². The molecule has 0 aliphatic carbocycles. The number of aromatic hydroxyl groups is 1. The lowest BCUT2D eigenvalue weighted by Gasteiger charge is -2.48. The first-order valence-electron chi connectivity index (χ1n) is 11.2. The number of H-pyrrole nitrogens is 1. The number of aromatic amines is 1. The molecule has 7 nitrogen and oxygen atoms in total. The number of fused-ring (bicyclic) bond motifs is 1. The molecule has 3 aromatic heterocycles. The summed E-state index contributed by atoms with van der Waals surface area (Å²) in [5.41, 5.74) is 4.31. The van der Waals surface area contributed by atoms with Crippen LogP contribution in [0.15, 0.2) is 42.9 Å². The number of thiazole rings is 1. The largest absolute Gasteiger partial charge is 0.507 e. The SMILES string of the molecule is CN(c1nc2cnc(-c3ccc(-c4cn[nH]c4)cc3O)cc2s1)C1CC(C)(C)NC(C)(C)C1. The molecule has 1 aliphatic rings. The molecule has 1 aromatic carbocycles. The van der Waals surface area contributed by atoms with Gasteiger partial charge in [-0.25, -0.2) is 4.98 Å². The van der Waals surface area contributed by atoms with Crippen LogP contribution in [0.25, 0.3) is 32.6 Å². The maximum atomic E-state index is 10.7.